The summed E-state index contributed by atoms with van der Waals surface area (Å²) < 4.78 is 0. The first kappa shape index (κ1) is 25.8. The topological polar surface area (TPSA) is 40.5 Å². The Morgan fingerprint density at radius 2 is 1.17 bits per heavy atom. The lowest BCUT2D eigenvalue weighted by molar-refractivity contribution is 0.448. The molecule has 0 saturated carbocycles. The van der Waals surface area contributed by atoms with Gasteiger partial charge in [-0.1, -0.05) is 46.6 Å². The number of allylic oxidation sites excluding steroid dienone is 8. The Balaban J connectivity index is 2.45. The van der Waals surface area contributed by atoms with Gasteiger partial charge in [-0.2, -0.15) is 0 Å². The van der Waals surface area contributed by atoms with E-state index in [1.165, 1.54) is 22.3 Å². The van der Waals surface area contributed by atoms with Crippen LogP contribution >= 0.6 is 0 Å². The normalized spacial score (nSPS) is 13.0. The van der Waals surface area contributed by atoms with Crippen LogP contribution in [0.2, 0.25) is 0 Å². The average molecular weight is 411 g/mol. The summed E-state index contributed by atoms with van der Waals surface area (Å²) in [5.41, 5.74) is 7.94. The summed E-state index contributed by atoms with van der Waals surface area (Å²) in [5.74, 6) is 0.556. The van der Waals surface area contributed by atoms with Gasteiger partial charge in [0.15, 0.2) is 0 Å². The van der Waals surface area contributed by atoms with E-state index in [1.54, 1.807) is 6.07 Å². The molecule has 2 nitrogen and oxygen atoms in total. The Morgan fingerprint density at radius 1 is 0.700 bits per heavy atom. The third-order valence-electron chi connectivity index (χ3n) is 5.74. The molecule has 0 amide bonds. The Labute approximate surface area is 184 Å². The van der Waals surface area contributed by atoms with Crippen LogP contribution in [0, 0.1) is 13.8 Å². The molecule has 1 rings (SSSR count). The number of hydrogen-bond donors (Lipinski definition) is 2. The van der Waals surface area contributed by atoms with E-state index in [0.29, 0.717) is 12.2 Å². The second kappa shape index (κ2) is 13.2. The van der Waals surface area contributed by atoms with Crippen molar-refractivity contribution in [2.45, 2.75) is 93.4 Å². The van der Waals surface area contributed by atoms with Crippen LogP contribution in [0.5, 0.6) is 11.5 Å². The average Bonchev–Trinajstić information content (AvgIpc) is 2.67. The number of phenolic OH excluding ortho intramolecular Hbond substituents is 2. The van der Waals surface area contributed by atoms with Crippen LogP contribution in [0.4, 0.5) is 0 Å². The molecule has 0 atom stereocenters. The summed E-state index contributed by atoms with van der Waals surface area (Å²) >= 11 is 0. The maximum Gasteiger partial charge on any atom is 0.122 e. The van der Waals surface area contributed by atoms with Gasteiger partial charge in [0.05, 0.1) is 0 Å². The SMILES string of the molecule is CC(C)=CCC/C(C)=C\CC/C(C)=C/CC/C(C)=C/Cc1cc(O)c(C)c(C)c1O. The predicted octanol–water partition coefficient (Wildman–Crippen LogP) is 8.40. The summed E-state index contributed by atoms with van der Waals surface area (Å²) in [5, 5.41) is 20.3. The van der Waals surface area contributed by atoms with Crippen LogP contribution in [-0.4, -0.2) is 10.2 Å². The van der Waals surface area contributed by atoms with Gasteiger partial charge in [-0.15, -0.1) is 0 Å². The van der Waals surface area contributed by atoms with Gasteiger partial charge in [0.1, 0.15) is 11.5 Å². The highest BCUT2D eigenvalue weighted by Crippen LogP contribution is 2.32. The number of phenols is 2. The quantitative estimate of drug-likeness (QED) is 0.284. The van der Waals surface area contributed by atoms with Crippen molar-refractivity contribution in [1.82, 2.24) is 0 Å². The molecule has 1 aromatic rings. The summed E-state index contributed by atoms with van der Waals surface area (Å²) in [6.45, 7) is 14.6. The molecule has 166 valence electrons. The first-order valence-corrected chi connectivity index (χ1v) is 11.2. The number of benzene rings is 1. The molecule has 0 radical (unpaired) electrons. The van der Waals surface area contributed by atoms with E-state index < -0.39 is 0 Å². The van der Waals surface area contributed by atoms with E-state index in [1.807, 2.05) is 13.8 Å². The summed E-state index contributed by atoms with van der Waals surface area (Å²) in [6, 6.07) is 1.68. The van der Waals surface area contributed by atoms with Crippen molar-refractivity contribution in [3.05, 3.63) is 69.4 Å². The lowest BCUT2D eigenvalue weighted by Crippen LogP contribution is -1.91. The molecule has 0 aromatic heterocycles. The zero-order chi connectivity index (χ0) is 22.7. The molecule has 30 heavy (non-hydrogen) atoms. The highest BCUT2D eigenvalue weighted by atomic mass is 16.3. The van der Waals surface area contributed by atoms with Gasteiger partial charge in [0.25, 0.3) is 0 Å². The van der Waals surface area contributed by atoms with Gasteiger partial charge in [0, 0.05) is 5.56 Å². The first-order valence-electron chi connectivity index (χ1n) is 11.2. The molecule has 0 unspecified atom stereocenters. The fourth-order valence-electron chi connectivity index (χ4n) is 3.38. The van der Waals surface area contributed by atoms with Gasteiger partial charge in [-0.05, 0) is 111 Å². The molecular weight excluding hydrogens is 368 g/mol. The fourth-order valence-corrected chi connectivity index (χ4v) is 3.38. The lowest BCUT2D eigenvalue weighted by Gasteiger charge is -2.10. The zero-order valence-electron chi connectivity index (χ0n) is 20.2. The molecule has 1 aromatic carbocycles. The minimum atomic E-state index is 0.256. The monoisotopic (exact) mass is 410 g/mol. The highest BCUT2D eigenvalue weighted by Gasteiger charge is 2.10. The number of hydrogen-bond acceptors (Lipinski definition) is 2. The van der Waals surface area contributed by atoms with Crippen LogP contribution in [0.15, 0.2) is 52.7 Å². The highest BCUT2D eigenvalue weighted by molar-refractivity contribution is 5.51. The predicted molar refractivity (Wildman–Crippen MR) is 131 cm³/mol. The van der Waals surface area contributed by atoms with E-state index in [9.17, 15) is 10.2 Å². The van der Waals surface area contributed by atoms with Gasteiger partial charge in [-0.3, -0.25) is 0 Å². The minimum Gasteiger partial charge on any atom is -0.508 e. The summed E-state index contributed by atoms with van der Waals surface area (Å²) in [6.07, 6.45) is 16.4. The van der Waals surface area contributed by atoms with Crippen LogP contribution in [-0.2, 0) is 6.42 Å². The van der Waals surface area contributed by atoms with E-state index >= 15 is 0 Å². The van der Waals surface area contributed by atoms with Crippen molar-refractivity contribution in [3.63, 3.8) is 0 Å². The molecule has 0 aliphatic heterocycles. The van der Waals surface area contributed by atoms with Crippen molar-refractivity contribution >= 4 is 0 Å². The number of rotatable bonds is 11. The molecule has 2 heteroatoms. The van der Waals surface area contributed by atoms with Crippen molar-refractivity contribution in [2.75, 3.05) is 0 Å². The van der Waals surface area contributed by atoms with E-state index in [4.69, 9.17) is 0 Å². The third kappa shape index (κ3) is 9.52. The molecule has 0 aliphatic carbocycles. The second-order valence-corrected chi connectivity index (χ2v) is 8.91. The third-order valence-corrected chi connectivity index (χ3v) is 5.74. The molecule has 0 saturated heterocycles. The van der Waals surface area contributed by atoms with Gasteiger partial charge in [-0.25, -0.2) is 0 Å². The van der Waals surface area contributed by atoms with Crippen molar-refractivity contribution in [1.29, 1.82) is 0 Å². The maximum absolute atomic E-state index is 10.3. The summed E-state index contributed by atoms with van der Waals surface area (Å²) in [4.78, 5) is 0. The number of aromatic hydroxyl groups is 2. The fraction of sp³-hybridized carbons (Fsp3) is 0.500. The van der Waals surface area contributed by atoms with Crippen LogP contribution < -0.4 is 0 Å². The molecule has 0 spiro atoms. The Hall–Kier alpha value is -2.22. The summed E-state index contributed by atoms with van der Waals surface area (Å²) in [7, 11) is 0. The van der Waals surface area contributed by atoms with E-state index in [2.05, 4.69) is 58.9 Å². The van der Waals surface area contributed by atoms with Crippen LogP contribution in [0.25, 0.3) is 0 Å². The molecule has 0 fully saturated rings. The van der Waals surface area contributed by atoms with E-state index in [0.717, 1.165) is 55.2 Å². The standard InChI is InChI=1S/C28H42O2/c1-20(2)11-8-12-21(3)13-9-14-22(4)15-10-16-23(5)17-18-26-19-27(29)24(6)25(7)28(26)30/h11,13,15,17,19,29-30H,8-10,12,14,16,18H2,1-7H3/b21-13-,22-15+,23-17+. The second-order valence-electron chi connectivity index (χ2n) is 8.91. The van der Waals surface area contributed by atoms with Crippen LogP contribution in [0.3, 0.4) is 0 Å². The molecule has 0 heterocycles. The van der Waals surface area contributed by atoms with E-state index in [-0.39, 0.29) is 5.75 Å². The van der Waals surface area contributed by atoms with Gasteiger partial charge >= 0.3 is 0 Å². The Bertz CT molecular complexity index is 816. The largest absolute Gasteiger partial charge is 0.508 e. The minimum absolute atomic E-state index is 0.256. The van der Waals surface area contributed by atoms with Gasteiger partial charge in [0.2, 0.25) is 0 Å². The van der Waals surface area contributed by atoms with Crippen LogP contribution in [0.1, 0.15) is 89.8 Å². The maximum atomic E-state index is 10.3. The molecular formula is C28H42O2. The lowest BCUT2D eigenvalue weighted by atomic mass is 9.99. The first-order chi connectivity index (χ1) is 14.1. The van der Waals surface area contributed by atoms with Crippen molar-refractivity contribution < 1.29 is 10.2 Å². The van der Waals surface area contributed by atoms with Gasteiger partial charge < -0.3 is 10.2 Å². The molecule has 0 aliphatic rings. The van der Waals surface area contributed by atoms with Crippen molar-refractivity contribution in [3.8, 4) is 11.5 Å². The smallest absolute Gasteiger partial charge is 0.122 e. The molecule has 0 bridgehead atoms. The Kier molecular flexibility index (Phi) is 11.3. The van der Waals surface area contributed by atoms with Crippen molar-refractivity contribution in [2.24, 2.45) is 0 Å². The molecule has 2 N–H and O–H groups in total. The Morgan fingerprint density at radius 3 is 1.67 bits per heavy atom. The zero-order valence-corrected chi connectivity index (χ0v) is 20.2.